The molecule has 0 aromatic heterocycles. The lowest BCUT2D eigenvalue weighted by molar-refractivity contribution is 0.302. The van der Waals surface area contributed by atoms with E-state index in [1.807, 2.05) is 0 Å². The minimum atomic E-state index is 0.126. The molecular formula is C38H79N. The van der Waals surface area contributed by atoms with Crippen LogP contribution < -0.4 is 5.73 Å². The molecule has 0 heterocycles. The lowest BCUT2D eigenvalue weighted by atomic mass is 9.82. The van der Waals surface area contributed by atoms with Gasteiger partial charge in [-0.25, -0.2) is 0 Å². The van der Waals surface area contributed by atoms with Crippen molar-refractivity contribution in [2.24, 2.45) is 5.73 Å². The van der Waals surface area contributed by atoms with Crippen LogP contribution in [0.4, 0.5) is 0 Å². The summed E-state index contributed by atoms with van der Waals surface area (Å²) in [5, 5.41) is 0. The number of nitrogens with two attached hydrogens (primary N) is 1. The quantitative estimate of drug-likeness (QED) is 0.0793. The molecule has 0 aliphatic heterocycles. The van der Waals surface area contributed by atoms with Crippen molar-refractivity contribution in [1.82, 2.24) is 0 Å². The summed E-state index contributed by atoms with van der Waals surface area (Å²) < 4.78 is 0. The molecule has 2 N–H and O–H groups in total. The molecule has 0 aromatic carbocycles. The molecule has 0 fully saturated rings. The molecule has 0 bridgehead atoms. The maximum atomic E-state index is 7.10. The monoisotopic (exact) mass is 550 g/mol. The highest BCUT2D eigenvalue weighted by Crippen LogP contribution is 2.27. The maximum Gasteiger partial charge on any atom is 0.0154 e. The Morgan fingerprint density at radius 2 is 0.410 bits per heavy atom. The normalized spacial score (nSPS) is 13.2. The van der Waals surface area contributed by atoms with E-state index in [0.29, 0.717) is 0 Å². The first-order valence-corrected chi connectivity index (χ1v) is 19.0. The molecule has 1 nitrogen and oxygen atoms in total. The zero-order valence-electron chi connectivity index (χ0n) is 28.1. The van der Waals surface area contributed by atoms with Crippen LogP contribution in [0.3, 0.4) is 0 Å². The highest BCUT2D eigenvalue weighted by molar-refractivity contribution is 4.84. The van der Waals surface area contributed by atoms with Crippen molar-refractivity contribution in [3.63, 3.8) is 0 Å². The van der Waals surface area contributed by atoms with Crippen molar-refractivity contribution in [2.75, 3.05) is 0 Å². The Morgan fingerprint density at radius 3 is 0.590 bits per heavy atom. The average Bonchev–Trinajstić information content (AvgIpc) is 2.94. The first-order chi connectivity index (χ1) is 19.2. The van der Waals surface area contributed by atoms with Gasteiger partial charge in [0.2, 0.25) is 0 Å². The number of rotatable bonds is 34. The third-order valence-electron chi connectivity index (χ3n) is 9.33. The number of hydrogen-bond acceptors (Lipinski definition) is 1. The number of unbranched alkanes of at least 4 members (excludes halogenated alkanes) is 28. The minimum absolute atomic E-state index is 0.126. The summed E-state index contributed by atoms with van der Waals surface area (Å²) in [5.74, 6) is 0. The predicted octanol–water partition coefficient (Wildman–Crippen LogP) is 14.0. The van der Waals surface area contributed by atoms with Gasteiger partial charge in [-0.05, 0) is 19.3 Å². The van der Waals surface area contributed by atoms with Gasteiger partial charge in [0.15, 0.2) is 0 Å². The Labute approximate surface area is 250 Å². The van der Waals surface area contributed by atoms with Gasteiger partial charge in [-0.2, -0.15) is 0 Å². The van der Waals surface area contributed by atoms with E-state index in [4.69, 9.17) is 5.73 Å². The zero-order valence-corrected chi connectivity index (χ0v) is 28.1. The van der Waals surface area contributed by atoms with Gasteiger partial charge >= 0.3 is 0 Å². The van der Waals surface area contributed by atoms with Crippen LogP contribution >= 0.6 is 0 Å². The first-order valence-electron chi connectivity index (χ1n) is 19.0. The molecule has 0 saturated heterocycles. The van der Waals surface area contributed by atoms with Crippen molar-refractivity contribution in [3.8, 4) is 0 Å². The molecule has 1 atom stereocenters. The van der Waals surface area contributed by atoms with Gasteiger partial charge in [-0.3, -0.25) is 0 Å². The van der Waals surface area contributed by atoms with Crippen LogP contribution in [0, 0.1) is 0 Å². The molecule has 0 spiro atoms. The lowest BCUT2D eigenvalue weighted by Gasteiger charge is -2.30. The van der Waals surface area contributed by atoms with Crippen molar-refractivity contribution in [2.45, 2.75) is 245 Å². The van der Waals surface area contributed by atoms with E-state index < -0.39 is 0 Å². The summed E-state index contributed by atoms with van der Waals surface area (Å²) >= 11 is 0. The van der Waals surface area contributed by atoms with Crippen LogP contribution in [0.1, 0.15) is 239 Å². The molecule has 0 aliphatic rings. The second kappa shape index (κ2) is 32.5. The van der Waals surface area contributed by atoms with Gasteiger partial charge in [0.05, 0.1) is 0 Å². The van der Waals surface area contributed by atoms with Crippen LogP contribution in [0.5, 0.6) is 0 Å². The maximum absolute atomic E-state index is 7.10. The van der Waals surface area contributed by atoms with E-state index in [9.17, 15) is 0 Å². The van der Waals surface area contributed by atoms with E-state index in [1.54, 1.807) is 0 Å². The van der Waals surface area contributed by atoms with Crippen molar-refractivity contribution in [3.05, 3.63) is 0 Å². The molecule has 0 aliphatic carbocycles. The zero-order chi connectivity index (χ0) is 28.5. The van der Waals surface area contributed by atoms with Gasteiger partial charge in [-0.1, -0.05) is 220 Å². The summed E-state index contributed by atoms with van der Waals surface area (Å²) in [5.41, 5.74) is 7.23. The van der Waals surface area contributed by atoms with Crippen molar-refractivity contribution < 1.29 is 0 Å². The van der Waals surface area contributed by atoms with Crippen LogP contribution in [0.2, 0.25) is 0 Å². The number of hydrogen-bond donors (Lipinski definition) is 1. The molecule has 0 rings (SSSR count). The molecule has 1 heteroatoms. The smallest absolute Gasteiger partial charge is 0.0154 e. The fraction of sp³-hybridized carbons (Fsp3) is 1.00. The summed E-state index contributed by atoms with van der Waals surface area (Å²) in [6.45, 7) is 6.93. The average molecular weight is 550 g/mol. The van der Waals surface area contributed by atoms with E-state index >= 15 is 0 Å². The third kappa shape index (κ3) is 30.7. The molecular weight excluding hydrogens is 470 g/mol. The molecule has 0 aromatic rings. The molecule has 1 unspecified atom stereocenters. The van der Waals surface area contributed by atoms with Gasteiger partial charge < -0.3 is 5.73 Å². The molecule has 0 radical (unpaired) electrons. The van der Waals surface area contributed by atoms with E-state index in [-0.39, 0.29) is 5.54 Å². The summed E-state index contributed by atoms with van der Waals surface area (Å²) in [6, 6.07) is 0. The first kappa shape index (κ1) is 39.0. The second-order valence-corrected chi connectivity index (χ2v) is 13.5. The Balaban J connectivity index is 3.90. The van der Waals surface area contributed by atoms with Crippen LogP contribution in [-0.2, 0) is 0 Å². The van der Waals surface area contributed by atoms with Gasteiger partial charge in [-0.15, -0.1) is 0 Å². The Morgan fingerprint density at radius 1 is 0.256 bits per heavy atom. The Kier molecular flexibility index (Phi) is 32.4. The Bertz CT molecular complexity index is 432. The van der Waals surface area contributed by atoms with E-state index in [0.717, 1.165) is 0 Å². The molecule has 236 valence electrons. The highest BCUT2D eigenvalue weighted by Gasteiger charge is 2.23. The molecule has 0 amide bonds. The fourth-order valence-electron chi connectivity index (χ4n) is 6.45. The molecule has 0 saturated carbocycles. The van der Waals surface area contributed by atoms with Crippen LogP contribution in [-0.4, -0.2) is 5.54 Å². The lowest BCUT2D eigenvalue weighted by Crippen LogP contribution is -2.39. The van der Waals surface area contributed by atoms with Crippen molar-refractivity contribution in [1.29, 1.82) is 0 Å². The second-order valence-electron chi connectivity index (χ2n) is 13.5. The van der Waals surface area contributed by atoms with Crippen LogP contribution in [0.15, 0.2) is 0 Å². The topological polar surface area (TPSA) is 26.0 Å². The fourth-order valence-corrected chi connectivity index (χ4v) is 6.45. The van der Waals surface area contributed by atoms with Crippen molar-refractivity contribution >= 4 is 0 Å². The summed E-state index contributed by atoms with van der Waals surface area (Å²) in [6.07, 6.45) is 48.1. The minimum Gasteiger partial charge on any atom is -0.325 e. The predicted molar refractivity (Wildman–Crippen MR) is 181 cm³/mol. The molecule has 39 heavy (non-hydrogen) atoms. The van der Waals surface area contributed by atoms with Gasteiger partial charge in [0, 0.05) is 5.54 Å². The standard InChI is InChI=1S/C38H79N/c1-4-7-10-13-16-18-20-21-22-23-24-26-28-31-34-37-38(39,35-32-29-15-12-9-6-3)36-33-30-27-25-19-17-14-11-8-5-2/h4-37,39H2,1-3H3. The SMILES string of the molecule is CCCCCCCCCCCCCCCCCC(N)(CCCCCCCC)CCCCCCCCCCCC. The Hall–Kier alpha value is -0.0400. The van der Waals surface area contributed by atoms with Gasteiger partial charge in [0.1, 0.15) is 0 Å². The van der Waals surface area contributed by atoms with Gasteiger partial charge in [0.25, 0.3) is 0 Å². The summed E-state index contributed by atoms with van der Waals surface area (Å²) in [4.78, 5) is 0. The third-order valence-corrected chi connectivity index (χ3v) is 9.33. The highest BCUT2D eigenvalue weighted by atomic mass is 14.7. The van der Waals surface area contributed by atoms with E-state index in [1.165, 1.54) is 218 Å². The van der Waals surface area contributed by atoms with E-state index in [2.05, 4.69) is 20.8 Å². The summed E-state index contributed by atoms with van der Waals surface area (Å²) in [7, 11) is 0. The van der Waals surface area contributed by atoms with Crippen LogP contribution in [0.25, 0.3) is 0 Å². The largest absolute Gasteiger partial charge is 0.325 e.